The second-order valence-electron chi connectivity index (χ2n) is 5.61. The Morgan fingerprint density at radius 3 is 2.71 bits per heavy atom. The molecule has 1 aromatic carbocycles. The van der Waals surface area contributed by atoms with E-state index in [9.17, 15) is 12.8 Å². The summed E-state index contributed by atoms with van der Waals surface area (Å²) >= 11 is 0. The molecule has 0 radical (unpaired) electrons. The molecule has 1 aliphatic rings. The predicted octanol–water partition coefficient (Wildman–Crippen LogP) is 2.27. The molecule has 1 saturated carbocycles. The van der Waals surface area contributed by atoms with Gasteiger partial charge in [0, 0.05) is 12.6 Å². The first-order valence-electron chi connectivity index (χ1n) is 7.39. The van der Waals surface area contributed by atoms with Crippen LogP contribution in [0.3, 0.4) is 0 Å². The van der Waals surface area contributed by atoms with Gasteiger partial charge in [-0.1, -0.05) is 19.4 Å². The van der Waals surface area contributed by atoms with Gasteiger partial charge in [-0.2, -0.15) is 4.31 Å². The highest BCUT2D eigenvalue weighted by Gasteiger charge is 2.38. The molecule has 4 nitrogen and oxygen atoms in total. The first kappa shape index (κ1) is 16.4. The summed E-state index contributed by atoms with van der Waals surface area (Å²) in [6.45, 7) is 4.37. The van der Waals surface area contributed by atoms with Crippen molar-refractivity contribution in [2.24, 2.45) is 11.7 Å². The van der Waals surface area contributed by atoms with Gasteiger partial charge in [0.15, 0.2) is 0 Å². The zero-order valence-electron chi connectivity index (χ0n) is 12.5. The summed E-state index contributed by atoms with van der Waals surface area (Å²) in [5.41, 5.74) is 6.34. The zero-order valence-corrected chi connectivity index (χ0v) is 13.4. The lowest BCUT2D eigenvalue weighted by Gasteiger charge is -2.31. The van der Waals surface area contributed by atoms with E-state index in [-0.39, 0.29) is 16.9 Å². The maximum atomic E-state index is 13.5. The largest absolute Gasteiger partial charge is 0.330 e. The van der Waals surface area contributed by atoms with E-state index in [0.717, 1.165) is 25.3 Å². The number of hydrogen-bond donors (Lipinski definition) is 1. The van der Waals surface area contributed by atoms with Crippen LogP contribution in [0.25, 0.3) is 0 Å². The third kappa shape index (κ3) is 3.12. The van der Waals surface area contributed by atoms with Gasteiger partial charge in [0.25, 0.3) is 0 Å². The monoisotopic (exact) mass is 314 g/mol. The first-order chi connectivity index (χ1) is 9.91. The van der Waals surface area contributed by atoms with Crippen LogP contribution >= 0.6 is 0 Å². The molecule has 1 fully saturated rings. The van der Waals surface area contributed by atoms with Crippen LogP contribution in [-0.2, 0) is 10.0 Å². The summed E-state index contributed by atoms with van der Waals surface area (Å²) in [7, 11) is -3.69. The molecule has 0 amide bonds. The number of aryl methyl sites for hydroxylation is 1. The second-order valence-corrected chi connectivity index (χ2v) is 7.47. The minimum Gasteiger partial charge on any atom is -0.330 e. The minimum atomic E-state index is -3.69. The van der Waals surface area contributed by atoms with Crippen LogP contribution in [0.2, 0.25) is 0 Å². The van der Waals surface area contributed by atoms with Crippen molar-refractivity contribution in [2.45, 2.75) is 44.0 Å². The summed E-state index contributed by atoms with van der Waals surface area (Å²) in [5.74, 6) is -0.342. The van der Waals surface area contributed by atoms with E-state index in [0.29, 0.717) is 18.7 Å². The SMILES string of the molecule is CCN(C1CCCC1CN)S(=O)(=O)c1cc(F)ccc1C. The number of rotatable bonds is 5. The van der Waals surface area contributed by atoms with Crippen molar-refractivity contribution >= 4 is 10.0 Å². The van der Waals surface area contributed by atoms with Crippen LogP contribution in [0.1, 0.15) is 31.7 Å². The Balaban J connectivity index is 2.42. The van der Waals surface area contributed by atoms with Gasteiger partial charge >= 0.3 is 0 Å². The highest BCUT2D eigenvalue weighted by atomic mass is 32.2. The van der Waals surface area contributed by atoms with Gasteiger partial charge in [-0.25, -0.2) is 12.8 Å². The van der Waals surface area contributed by atoms with Crippen LogP contribution < -0.4 is 5.73 Å². The molecular formula is C15H23FN2O2S. The molecule has 0 aromatic heterocycles. The standard InChI is InChI=1S/C15H23FN2O2S/c1-3-18(14-6-4-5-12(14)10-17)21(19,20)15-9-13(16)8-7-11(15)2/h7-9,12,14H,3-6,10,17H2,1-2H3. The highest BCUT2D eigenvalue weighted by molar-refractivity contribution is 7.89. The summed E-state index contributed by atoms with van der Waals surface area (Å²) in [6, 6.07) is 3.82. The van der Waals surface area contributed by atoms with Crippen molar-refractivity contribution in [3.63, 3.8) is 0 Å². The zero-order chi connectivity index (χ0) is 15.6. The second kappa shape index (κ2) is 6.42. The van der Waals surface area contributed by atoms with Crippen LogP contribution in [0.4, 0.5) is 4.39 Å². The summed E-state index contributed by atoms with van der Waals surface area (Å²) < 4.78 is 40.8. The minimum absolute atomic E-state index is 0.0621. The Bertz CT molecular complexity index is 604. The van der Waals surface area contributed by atoms with Crippen molar-refractivity contribution < 1.29 is 12.8 Å². The van der Waals surface area contributed by atoms with Crippen molar-refractivity contribution in [1.29, 1.82) is 0 Å². The van der Waals surface area contributed by atoms with Crippen LogP contribution in [0.15, 0.2) is 23.1 Å². The maximum Gasteiger partial charge on any atom is 0.243 e. The Morgan fingerprint density at radius 2 is 2.10 bits per heavy atom. The van der Waals surface area contributed by atoms with E-state index in [1.165, 1.54) is 16.4 Å². The molecule has 2 unspecified atom stereocenters. The number of hydrogen-bond acceptors (Lipinski definition) is 3. The predicted molar refractivity (Wildman–Crippen MR) is 80.9 cm³/mol. The topological polar surface area (TPSA) is 63.4 Å². The van der Waals surface area contributed by atoms with E-state index in [2.05, 4.69) is 0 Å². The lowest BCUT2D eigenvalue weighted by Crippen LogP contribution is -2.44. The number of benzene rings is 1. The molecule has 0 heterocycles. The molecule has 0 spiro atoms. The van der Waals surface area contributed by atoms with E-state index >= 15 is 0 Å². The number of nitrogens with zero attached hydrogens (tertiary/aromatic N) is 1. The molecule has 118 valence electrons. The fourth-order valence-corrected chi connectivity index (χ4v) is 5.20. The molecule has 1 aliphatic carbocycles. The molecular weight excluding hydrogens is 291 g/mol. The van der Waals surface area contributed by atoms with Gasteiger partial charge in [-0.05, 0) is 49.9 Å². The number of sulfonamides is 1. The van der Waals surface area contributed by atoms with E-state index < -0.39 is 15.8 Å². The van der Waals surface area contributed by atoms with E-state index in [1.54, 1.807) is 6.92 Å². The normalized spacial score (nSPS) is 22.9. The molecule has 2 N–H and O–H groups in total. The van der Waals surface area contributed by atoms with E-state index in [1.807, 2.05) is 6.92 Å². The molecule has 6 heteroatoms. The lowest BCUT2D eigenvalue weighted by molar-refractivity contribution is 0.276. The molecule has 0 saturated heterocycles. The van der Waals surface area contributed by atoms with Crippen molar-refractivity contribution in [2.75, 3.05) is 13.1 Å². The highest BCUT2D eigenvalue weighted by Crippen LogP contribution is 2.33. The van der Waals surface area contributed by atoms with Crippen molar-refractivity contribution in [1.82, 2.24) is 4.31 Å². The average molecular weight is 314 g/mol. The van der Waals surface area contributed by atoms with Gasteiger partial charge in [0.05, 0.1) is 4.90 Å². The van der Waals surface area contributed by atoms with Crippen LogP contribution in [0.5, 0.6) is 0 Å². The third-order valence-electron chi connectivity index (χ3n) is 4.34. The lowest BCUT2D eigenvalue weighted by atomic mass is 10.0. The molecule has 21 heavy (non-hydrogen) atoms. The quantitative estimate of drug-likeness (QED) is 0.907. The fourth-order valence-electron chi connectivity index (χ4n) is 3.23. The molecule has 1 aromatic rings. The van der Waals surface area contributed by atoms with Gasteiger partial charge in [0.2, 0.25) is 10.0 Å². The van der Waals surface area contributed by atoms with Gasteiger partial charge in [-0.3, -0.25) is 0 Å². The molecule has 0 bridgehead atoms. The van der Waals surface area contributed by atoms with Gasteiger partial charge in [0.1, 0.15) is 5.82 Å². The Kier molecular flexibility index (Phi) is 5.01. The summed E-state index contributed by atoms with van der Waals surface area (Å²) in [6.07, 6.45) is 2.76. The average Bonchev–Trinajstić information content (AvgIpc) is 2.90. The van der Waals surface area contributed by atoms with Gasteiger partial charge in [-0.15, -0.1) is 0 Å². The Labute approximate surface area is 126 Å². The number of nitrogens with two attached hydrogens (primary N) is 1. The number of halogens is 1. The third-order valence-corrected chi connectivity index (χ3v) is 6.48. The molecule has 0 aliphatic heterocycles. The van der Waals surface area contributed by atoms with Crippen LogP contribution in [-0.4, -0.2) is 31.9 Å². The fraction of sp³-hybridized carbons (Fsp3) is 0.600. The smallest absolute Gasteiger partial charge is 0.243 e. The maximum absolute atomic E-state index is 13.5. The van der Waals surface area contributed by atoms with Crippen molar-refractivity contribution in [3.8, 4) is 0 Å². The summed E-state index contributed by atoms with van der Waals surface area (Å²) in [4.78, 5) is 0.0621. The van der Waals surface area contributed by atoms with Gasteiger partial charge < -0.3 is 5.73 Å². The Morgan fingerprint density at radius 1 is 1.38 bits per heavy atom. The first-order valence-corrected chi connectivity index (χ1v) is 8.83. The Hall–Kier alpha value is -0.980. The van der Waals surface area contributed by atoms with Crippen molar-refractivity contribution in [3.05, 3.63) is 29.6 Å². The van der Waals surface area contributed by atoms with Crippen LogP contribution in [0, 0.1) is 18.7 Å². The van der Waals surface area contributed by atoms with E-state index in [4.69, 9.17) is 5.73 Å². The molecule has 2 rings (SSSR count). The molecule has 2 atom stereocenters. The summed E-state index contributed by atoms with van der Waals surface area (Å²) in [5, 5.41) is 0.